The molecule has 0 fully saturated rings. The molecular formula is C40H42Cl2N12O12. The lowest BCUT2D eigenvalue weighted by atomic mass is 9.92. The minimum Gasteiger partial charge on any atom is -0.351 e. The third kappa shape index (κ3) is 11.5. The third-order valence-electron chi connectivity index (χ3n) is 9.96. The molecule has 3 heterocycles. The Kier molecular flexibility index (Phi) is 17.1. The van der Waals surface area contributed by atoms with Gasteiger partial charge in [0.05, 0.1) is 38.4 Å². The number of nitro groups is 3. The van der Waals surface area contributed by atoms with E-state index in [0.29, 0.717) is 5.39 Å². The molecule has 6 amide bonds. The van der Waals surface area contributed by atoms with Crippen LogP contribution in [0.4, 0.5) is 22.7 Å². The van der Waals surface area contributed by atoms with Crippen LogP contribution in [-0.2, 0) is 14.1 Å². The lowest BCUT2D eigenvalue weighted by Gasteiger charge is -2.27. The second kappa shape index (κ2) is 22.2. The Labute approximate surface area is 385 Å². The van der Waals surface area contributed by atoms with E-state index in [-0.39, 0.29) is 139 Å². The molecule has 24 nitrogen and oxygen atoms in total. The standard InChI is InChI=1S/C40H40N12O12.2ClH/c1-47-21-28(51(61)62)19-32(47)37(55)45-12-8-41-6-10-43-35(53)24-14-25(36(54)44-11-7-42-9-13-46-38(56)33-20-29(52(63)64)22-48(33)2)17-26(16-24)49-39(57)30-5-3-4-23-15-27(50(59)60)18-31(34(23)30)40(49)58;;/h3-5,14-22,41-42H,6-13H2,1-2H3,(H,43,53)(H,44,54)(H,45,55)(H,46,56);2*1H. The first-order chi connectivity index (χ1) is 30.5. The van der Waals surface area contributed by atoms with E-state index in [4.69, 9.17) is 0 Å². The molecule has 0 bridgehead atoms. The largest absolute Gasteiger partial charge is 0.351 e. The highest BCUT2D eigenvalue weighted by Crippen LogP contribution is 2.36. The molecule has 0 saturated heterocycles. The predicted octanol–water partition coefficient (Wildman–Crippen LogP) is 2.38. The van der Waals surface area contributed by atoms with Crippen LogP contribution in [-0.4, -0.2) is 112 Å². The van der Waals surface area contributed by atoms with Crippen molar-refractivity contribution in [3.8, 4) is 0 Å². The summed E-state index contributed by atoms with van der Waals surface area (Å²) in [5.74, 6) is -4.10. The molecule has 0 spiro atoms. The number of nitro benzene ring substituents is 1. The Morgan fingerprint density at radius 1 is 0.530 bits per heavy atom. The van der Waals surface area contributed by atoms with E-state index >= 15 is 0 Å². The summed E-state index contributed by atoms with van der Waals surface area (Å²) >= 11 is 0. The summed E-state index contributed by atoms with van der Waals surface area (Å²) in [5, 5.41) is 51.1. The quantitative estimate of drug-likeness (QED) is 0.0283. The van der Waals surface area contributed by atoms with Gasteiger partial charge < -0.3 is 41.0 Å². The monoisotopic (exact) mass is 952 g/mol. The van der Waals surface area contributed by atoms with Crippen LogP contribution in [0.3, 0.4) is 0 Å². The SMILES string of the molecule is Cl.Cl.Cn1cc([N+](=O)[O-])cc1C(=O)NCCNCCNC(=O)c1cc(C(=O)NCCNCCNC(=O)c2cc([N+](=O)[O-])cn2C)cc(N2C(=O)c3cccc4cc([N+](=O)[O-])cc(c34)C2=O)c1. The first kappa shape index (κ1) is 50.8. The maximum atomic E-state index is 14.0. The van der Waals surface area contributed by atoms with Crippen LogP contribution in [0, 0.1) is 30.3 Å². The number of rotatable bonds is 20. The van der Waals surface area contributed by atoms with Gasteiger partial charge in [-0.1, -0.05) is 12.1 Å². The van der Waals surface area contributed by atoms with E-state index in [0.717, 1.165) is 23.1 Å². The molecule has 0 unspecified atom stereocenters. The average molecular weight is 954 g/mol. The number of nitrogens with one attached hydrogen (secondary N) is 6. The summed E-state index contributed by atoms with van der Waals surface area (Å²) in [4.78, 5) is 113. The van der Waals surface area contributed by atoms with Gasteiger partial charge >= 0.3 is 0 Å². The number of imide groups is 1. The molecule has 1 aliphatic rings. The van der Waals surface area contributed by atoms with Crippen LogP contribution in [0.2, 0.25) is 0 Å². The number of halogens is 2. The summed E-state index contributed by atoms with van der Waals surface area (Å²) in [7, 11) is 3.01. The van der Waals surface area contributed by atoms with Crippen molar-refractivity contribution in [3.05, 3.63) is 137 Å². The number of non-ortho nitro benzene ring substituents is 1. The number of nitrogens with zero attached hydrogens (tertiary/aromatic N) is 6. The normalized spacial score (nSPS) is 11.6. The van der Waals surface area contributed by atoms with Crippen LogP contribution in [0.1, 0.15) is 62.4 Å². The Bertz CT molecular complexity index is 2640. The molecule has 26 heteroatoms. The number of aromatic nitrogens is 2. The van der Waals surface area contributed by atoms with Gasteiger partial charge in [-0.2, -0.15) is 0 Å². The number of benzene rings is 3. The van der Waals surface area contributed by atoms with E-state index in [1.54, 1.807) is 0 Å². The number of aryl methyl sites for hydroxylation is 2. The molecular weight excluding hydrogens is 911 g/mol. The zero-order chi connectivity index (χ0) is 46.2. The average Bonchev–Trinajstić information content (AvgIpc) is 3.87. The minimum absolute atomic E-state index is 0. The zero-order valence-corrected chi connectivity index (χ0v) is 36.6. The van der Waals surface area contributed by atoms with Crippen LogP contribution < -0.4 is 36.8 Å². The van der Waals surface area contributed by atoms with Crippen LogP contribution in [0.25, 0.3) is 10.8 Å². The predicted molar refractivity (Wildman–Crippen MR) is 242 cm³/mol. The van der Waals surface area contributed by atoms with E-state index in [9.17, 15) is 59.1 Å². The Morgan fingerprint density at radius 2 is 0.955 bits per heavy atom. The summed E-state index contributed by atoms with van der Waals surface area (Å²) in [6.45, 7) is 1.39. The van der Waals surface area contributed by atoms with E-state index in [2.05, 4.69) is 31.9 Å². The smallest absolute Gasteiger partial charge is 0.287 e. The summed E-state index contributed by atoms with van der Waals surface area (Å²) in [6, 6.07) is 12.9. The molecule has 3 aromatic carbocycles. The molecule has 5 aromatic rings. The van der Waals surface area contributed by atoms with Gasteiger partial charge in [-0.05, 0) is 29.7 Å². The molecule has 6 N–H and O–H groups in total. The number of hydrogen-bond donors (Lipinski definition) is 6. The Balaban J connectivity index is 0.00000476. The molecule has 0 atom stereocenters. The van der Waals surface area contributed by atoms with Crippen molar-refractivity contribution in [2.45, 2.75) is 0 Å². The molecule has 66 heavy (non-hydrogen) atoms. The fraction of sp³-hybridized carbons (Fsp3) is 0.250. The molecule has 348 valence electrons. The van der Waals surface area contributed by atoms with Crippen LogP contribution >= 0.6 is 24.8 Å². The Morgan fingerprint density at radius 3 is 1.38 bits per heavy atom. The number of amides is 6. The number of carbonyl (C=O) groups excluding carboxylic acids is 6. The highest BCUT2D eigenvalue weighted by molar-refractivity contribution is 6.36. The van der Waals surface area contributed by atoms with E-state index in [1.165, 1.54) is 78.1 Å². The highest BCUT2D eigenvalue weighted by Gasteiger charge is 2.36. The maximum Gasteiger partial charge on any atom is 0.287 e. The highest BCUT2D eigenvalue weighted by atomic mass is 35.5. The summed E-state index contributed by atoms with van der Waals surface area (Å²) < 4.78 is 2.67. The van der Waals surface area contributed by atoms with Crippen molar-refractivity contribution in [2.75, 3.05) is 57.3 Å². The van der Waals surface area contributed by atoms with Crippen molar-refractivity contribution < 1.29 is 43.5 Å². The maximum absolute atomic E-state index is 14.0. The van der Waals surface area contributed by atoms with Gasteiger partial charge in [-0.3, -0.25) is 59.1 Å². The first-order valence-electron chi connectivity index (χ1n) is 19.5. The lowest BCUT2D eigenvalue weighted by Crippen LogP contribution is -2.41. The van der Waals surface area contributed by atoms with Crippen molar-refractivity contribution >= 4 is 93.8 Å². The summed E-state index contributed by atoms with van der Waals surface area (Å²) in [5.41, 5.74) is -1.05. The van der Waals surface area contributed by atoms with Gasteiger partial charge in [0.1, 0.15) is 11.4 Å². The molecule has 0 radical (unpaired) electrons. The van der Waals surface area contributed by atoms with Crippen LogP contribution in [0.5, 0.6) is 0 Å². The second-order valence-electron chi connectivity index (χ2n) is 14.3. The minimum atomic E-state index is -0.912. The number of carbonyl (C=O) groups is 6. The first-order valence-corrected chi connectivity index (χ1v) is 19.5. The van der Waals surface area contributed by atoms with Gasteiger partial charge in [0.15, 0.2) is 0 Å². The van der Waals surface area contributed by atoms with Crippen molar-refractivity contribution in [1.82, 2.24) is 41.0 Å². The van der Waals surface area contributed by atoms with Gasteiger partial charge in [0.25, 0.3) is 52.5 Å². The fourth-order valence-electron chi connectivity index (χ4n) is 6.87. The molecule has 0 saturated carbocycles. The third-order valence-corrected chi connectivity index (χ3v) is 9.96. The second-order valence-corrected chi connectivity index (χ2v) is 14.3. The topological polar surface area (TPSA) is 317 Å². The van der Waals surface area contributed by atoms with Gasteiger partial charge in [-0.15, -0.1) is 24.8 Å². The van der Waals surface area contributed by atoms with Crippen molar-refractivity contribution in [3.63, 3.8) is 0 Å². The van der Waals surface area contributed by atoms with Crippen molar-refractivity contribution in [2.24, 2.45) is 14.1 Å². The van der Waals surface area contributed by atoms with Gasteiger partial charge in [0.2, 0.25) is 0 Å². The van der Waals surface area contributed by atoms with Gasteiger partial charge in [-0.25, -0.2) is 4.90 Å². The van der Waals surface area contributed by atoms with E-state index < -0.39 is 50.2 Å². The molecule has 1 aliphatic heterocycles. The van der Waals surface area contributed by atoms with Crippen LogP contribution in [0.15, 0.2) is 73.1 Å². The molecule has 6 rings (SSSR count). The zero-order valence-electron chi connectivity index (χ0n) is 35.0. The fourth-order valence-corrected chi connectivity index (χ4v) is 6.87. The summed E-state index contributed by atoms with van der Waals surface area (Å²) in [6.07, 6.45) is 2.44. The lowest BCUT2D eigenvalue weighted by molar-refractivity contribution is -0.385. The Hall–Kier alpha value is -7.80. The van der Waals surface area contributed by atoms with Gasteiger partial charge in [0, 0.05) is 113 Å². The number of hydrogen-bond acceptors (Lipinski definition) is 14. The van der Waals surface area contributed by atoms with E-state index in [1.807, 2.05) is 0 Å². The van der Waals surface area contributed by atoms with Crippen molar-refractivity contribution in [1.29, 1.82) is 0 Å². The molecule has 2 aromatic heterocycles. The number of anilines is 1. The molecule has 0 aliphatic carbocycles.